The molecule has 21 heavy (non-hydrogen) atoms. The number of nitrogens with zero attached hydrogens (tertiary/aromatic N) is 2. The van der Waals surface area contributed by atoms with Crippen LogP contribution in [0.3, 0.4) is 0 Å². The minimum Gasteiger partial charge on any atom is -0.351 e. The van der Waals surface area contributed by atoms with Crippen molar-refractivity contribution in [3.05, 3.63) is 39.8 Å². The zero-order valence-corrected chi connectivity index (χ0v) is 13.5. The molecular formula is C16H17ClN2OS. The lowest BCUT2D eigenvalue weighted by molar-refractivity contribution is -0.113. The number of piperidine rings is 1. The normalized spacial score (nSPS) is 24.6. The van der Waals surface area contributed by atoms with Gasteiger partial charge in [-0.1, -0.05) is 30.7 Å². The fraction of sp³-hybridized carbons (Fsp3) is 0.375. The maximum absolute atomic E-state index is 12.1. The van der Waals surface area contributed by atoms with Gasteiger partial charge in [-0.05, 0) is 54.3 Å². The number of amidine groups is 1. The summed E-state index contributed by atoms with van der Waals surface area (Å²) in [6, 6.07) is 7.46. The minimum atomic E-state index is -0.136. The Labute approximate surface area is 134 Å². The highest BCUT2D eigenvalue weighted by atomic mass is 35.5. The third-order valence-electron chi connectivity index (χ3n) is 3.70. The van der Waals surface area contributed by atoms with Gasteiger partial charge < -0.3 is 4.90 Å². The molecular weight excluding hydrogens is 304 g/mol. The van der Waals surface area contributed by atoms with Crippen LogP contribution in [0.5, 0.6) is 0 Å². The van der Waals surface area contributed by atoms with Gasteiger partial charge in [0.1, 0.15) is 0 Å². The summed E-state index contributed by atoms with van der Waals surface area (Å²) in [7, 11) is 0. The van der Waals surface area contributed by atoms with E-state index in [1.165, 1.54) is 24.6 Å². The Morgan fingerprint density at radius 1 is 1.38 bits per heavy atom. The second kappa shape index (κ2) is 6.24. The lowest BCUT2D eigenvalue weighted by Gasteiger charge is -2.31. The van der Waals surface area contributed by atoms with E-state index in [9.17, 15) is 4.79 Å². The van der Waals surface area contributed by atoms with E-state index >= 15 is 0 Å². The van der Waals surface area contributed by atoms with Crippen molar-refractivity contribution in [1.29, 1.82) is 0 Å². The largest absolute Gasteiger partial charge is 0.351 e. The molecule has 1 amide bonds. The van der Waals surface area contributed by atoms with Gasteiger partial charge in [0.15, 0.2) is 5.17 Å². The number of aliphatic imine (C=N–C) groups is 1. The van der Waals surface area contributed by atoms with Crippen molar-refractivity contribution in [3.8, 4) is 0 Å². The smallest absolute Gasteiger partial charge is 0.286 e. The molecule has 1 fully saturated rings. The van der Waals surface area contributed by atoms with Crippen LogP contribution in [0.4, 0.5) is 0 Å². The Morgan fingerprint density at radius 3 is 2.86 bits per heavy atom. The van der Waals surface area contributed by atoms with Gasteiger partial charge in [0.2, 0.25) is 0 Å². The van der Waals surface area contributed by atoms with Gasteiger partial charge in [-0.3, -0.25) is 4.79 Å². The molecule has 1 atom stereocenters. The van der Waals surface area contributed by atoms with Crippen LogP contribution >= 0.6 is 23.4 Å². The number of amides is 1. The molecule has 0 radical (unpaired) electrons. The molecule has 1 aromatic rings. The molecule has 1 unspecified atom stereocenters. The molecule has 0 aromatic heterocycles. The number of likely N-dealkylation sites (tertiary alicyclic amines) is 1. The standard InChI is InChI=1S/C16H17ClN2OS/c1-11-3-2-8-19(10-11)16-18-15(20)14(21-16)9-12-4-6-13(17)7-5-12/h4-7,9,11H,2-3,8,10H2,1H3. The minimum absolute atomic E-state index is 0.136. The van der Waals surface area contributed by atoms with Crippen LogP contribution in [-0.4, -0.2) is 29.1 Å². The second-order valence-corrected chi connectivity index (χ2v) is 7.00. The van der Waals surface area contributed by atoms with Gasteiger partial charge in [0.25, 0.3) is 5.91 Å². The van der Waals surface area contributed by atoms with Crippen molar-refractivity contribution in [2.24, 2.45) is 10.9 Å². The third kappa shape index (κ3) is 3.50. The summed E-state index contributed by atoms with van der Waals surface area (Å²) < 4.78 is 0. The fourth-order valence-corrected chi connectivity index (χ4v) is 3.68. The van der Waals surface area contributed by atoms with Crippen molar-refractivity contribution in [1.82, 2.24) is 4.90 Å². The first-order valence-corrected chi connectivity index (χ1v) is 8.34. The Morgan fingerprint density at radius 2 is 2.14 bits per heavy atom. The molecule has 2 aliphatic rings. The Balaban J connectivity index is 1.73. The monoisotopic (exact) mass is 320 g/mol. The molecule has 3 rings (SSSR count). The maximum atomic E-state index is 12.1. The number of hydrogen-bond acceptors (Lipinski definition) is 3. The SMILES string of the molecule is CC1CCCN(C2=NC(=O)C(=Cc3ccc(Cl)cc3)S2)C1. The summed E-state index contributed by atoms with van der Waals surface area (Å²) in [6.07, 6.45) is 4.31. The predicted octanol–water partition coefficient (Wildman–Crippen LogP) is 4.04. The summed E-state index contributed by atoms with van der Waals surface area (Å²) in [4.78, 5) is 19.2. The van der Waals surface area contributed by atoms with Crippen molar-refractivity contribution in [3.63, 3.8) is 0 Å². The summed E-state index contributed by atoms with van der Waals surface area (Å²) in [6.45, 7) is 4.24. The third-order valence-corrected chi connectivity index (χ3v) is 5.00. The average molecular weight is 321 g/mol. The maximum Gasteiger partial charge on any atom is 0.286 e. The number of hydrogen-bond donors (Lipinski definition) is 0. The van der Waals surface area contributed by atoms with E-state index in [0.717, 1.165) is 23.8 Å². The van der Waals surface area contributed by atoms with Crippen molar-refractivity contribution in [2.75, 3.05) is 13.1 Å². The molecule has 0 aliphatic carbocycles. The summed E-state index contributed by atoms with van der Waals surface area (Å²) in [5.41, 5.74) is 0.971. The fourth-order valence-electron chi connectivity index (χ4n) is 2.61. The van der Waals surface area contributed by atoms with E-state index in [2.05, 4.69) is 16.8 Å². The van der Waals surface area contributed by atoms with E-state index in [-0.39, 0.29) is 5.91 Å². The molecule has 0 spiro atoms. The first-order chi connectivity index (χ1) is 10.1. The lowest BCUT2D eigenvalue weighted by Crippen LogP contribution is -2.37. The number of rotatable bonds is 1. The average Bonchev–Trinajstić information content (AvgIpc) is 2.83. The molecule has 5 heteroatoms. The number of carbonyl (C=O) groups is 1. The highest BCUT2D eigenvalue weighted by Crippen LogP contribution is 2.32. The van der Waals surface area contributed by atoms with Gasteiger partial charge in [-0.2, -0.15) is 4.99 Å². The molecule has 110 valence electrons. The van der Waals surface area contributed by atoms with Gasteiger partial charge in [-0.25, -0.2) is 0 Å². The van der Waals surface area contributed by atoms with E-state index in [4.69, 9.17) is 11.6 Å². The van der Waals surface area contributed by atoms with Gasteiger partial charge in [-0.15, -0.1) is 0 Å². The van der Waals surface area contributed by atoms with Crippen LogP contribution < -0.4 is 0 Å². The van der Waals surface area contributed by atoms with Gasteiger partial charge in [0, 0.05) is 18.1 Å². The molecule has 2 aliphatic heterocycles. The second-order valence-electron chi connectivity index (χ2n) is 5.56. The van der Waals surface area contributed by atoms with E-state index in [1.54, 1.807) is 0 Å². The Hall–Kier alpha value is -1.26. The van der Waals surface area contributed by atoms with Crippen LogP contribution in [0.25, 0.3) is 6.08 Å². The zero-order valence-electron chi connectivity index (χ0n) is 11.9. The topological polar surface area (TPSA) is 32.7 Å². The van der Waals surface area contributed by atoms with Crippen molar-refractivity contribution >= 4 is 40.5 Å². The van der Waals surface area contributed by atoms with Crippen LogP contribution in [-0.2, 0) is 4.79 Å². The van der Waals surface area contributed by atoms with Crippen LogP contribution in [0.15, 0.2) is 34.2 Å². The predicted molar refractivity (Wildman–Crippen MR) is 89.4 cm³/mol. The van der Waals surface area contributed by atoms with Crippen LogP contribution in [0.2, 0.25) is 5.02 Å². The molecule has 1 saturated heterocycles. The van der Waals surface area contributed by atoms with E-state index in [0.29, 0.717) is 15.8 Å². The first-order valence-electron chi connectivity index (χ1n) is 7.15. The number of benzene rings is 1. The highest BCUT2D eigenvalue weighted by Gasteiger charge is 2.28. The van der Waals surface area contributed by atoms with Crippen molar-refractivity contribution in [2.45, 2.75) is 19.8 Å². The lowest BCUT2D eigenvalue weighted by atomic mass is 10.0. The Kier molecular flexibility index (Phi) is 4.36. The van der Waals surface area contributed by atoms with E-state index < -0.39 is 0 Å². The molecule has 0 N–H and O–H groups in total. The van der Waals surface area contributed by atoms with E-state index in [1.807, 2.05) is 30.3 Å². The highest BCUT2D eigenvalue weighted by molar-refractivity contribution is 8.18. The summed E-state index contributed by atoms with van der Waals surface area (Å²) in [5, 5.41) is 1.55. The Bertz CT molecular complexity index is 609. The summed E-state index contributed by atoms with van der Waals surface area (Å²) >= 11 is 7.35. The van der Waals surface area contributed by atoms with Gasteiger partial charge in [0.05, 0.1) is 4.91 Å². The quantitative estimate of drug-likeness (QED) is 0.732. The van der Waals surface area contributed by atoms with Crippen LogP contribution in [0, 0.1) is 5.92 Å². The number of halogens is 1. The van der Waals surface area contributed by atoms with Crippen LogP contribution in [0.1, 0.15) is 25.3 Å². The number of thioether (sulfide) groups is 1. The first kappa shape index (κ1) is 14.7. The molecule has 2 heterocycles. The zero-order chi connectivity index (χ0) is 14.8. The number of carbonyl (C=O) groups excluding carboxylic acids is 1. The van der Waals surface area contributed by atoms with Crippen molar-refractivity contribution < 1.29 is 4.79 Å². The summed E-state index contributed by atoms with van der Waals surface area (Å²) in [5.74, 6) is 0.532. The van der Waals surface area contributed by atoms with Gasteiger partial charge >= 0.3 is 0 Å². The molecule has 0 saturated carbocycles. The molecule has 0 bridgehead atoms. The molecule has 1 aromatic carbocycles. The molecule has 3 nitrogen and oxygen atoms in total.